The summed E-state index contributed by atoms with van der Waals surface area (Å²) in [5.41, 5.74) is 0. The average molecular weight is 249 g/mol. The third kappa shape index (κ3) is 1.38. The number of amidine groups is 1. The number of likely N-dealkylation sites (N-methyl/N-ethyl adjacent to an activating group) is 1. The lowest BCUT2D eigenvalue weighted by Crippen LogP contribution is -2.71. The minimum absolute atomic E-state index is 0.0425. The Labute approximate surface area is 103 Å². The molecule has 9 nitrogen and oxygen atoms in total. The van der Waals surface area contributed by atoms with Crippen molar-refractivity contribution in [1.29, 1.82) is 0 Å². The molecule has 1 unspecified atom stereocenters. The van der Waals surface area contributed by atoms with E-state index in [2.05, 4.69) is 20.5 Å². The monoisotopic (exact) mass is 249 g/mol. The minimum Gasteiger partial charge on any atom is -0.530 e. The Hall–Kier alpha value is -2.13. The Morgan fingerprint density at radius 2 is 2.39 bits per heavy atom. The Kier molecular flexibility index (Phi) is 2.25. The lowest BCUT2D eigenvalue weighted by molar-refractivity contribution is -0.929. The molecule has 18 heavy (non-hydrogen) atoms. The lowest BCUT2D eigenvalue weighted by atomic mass is 10.1. The van der Waals surface area contributed by atoms with E-state index in [0.29, 0.717) is 18.9 Å². The van der Waals surface area contributed by atoms with Gasteiger partial charge in [-0.1, -0.05) is 5.10 Å². The highest BCUT2D eigenvalue weighted by Crippen LogP contribution is 2.30. The molecule has 1 atom stereocenters. The van der Waals surface area contributed by atoms with Crippen molar-refractivity contribution in [2.75, 3.05) is 20.1 Å². The Bertz CT molecular complexity index is 505. The first-order valence-electron chi connectivity index (χ1n) is 5.43. The van der Waals surface area contributed by atoms with Crippen molar-refractivity contribution in [3.05, 3.63) is 12.4 Å². The highest BCUT2D eigenvalue weighted by Gasteiger charge is 2.52. The molecule has 3 aliphatic rings. The van der Waals surface area contributed by atoms with Crippen molar-refractivity contribution in [3.8, 4) is 0 Å². The first kappa shape index (κ1) is 11.0. The van der Waals surface area contributed by atoms with Gasteiger partial charge in [-0.15, -0.1) is 5.01 Å². The van der Waals surface area contributed by atoms with E-state index in [0.717, 1.165) is 0 Å². The summed E-state index contributed by atoms with van der Waals surface area (Å²) in [6.07, 6.45) is 3.80. The van der Waals surface area contributed by atoms with Crippen molar-refractivity contribution < 1.29 is 14.6 Å². The Balaban J connectivity index is 1.74. The molecular weight excluding hydrogens is 238 g/mol. The molecule has 1 amide bonds. The average Bonchev–Trinajstić information content (AvgIpc) is 2.70. The molecule has 0 aromatic carbocycles. The molecule has 1 fully saturated rings. The van der Waals surface area contributed by atoms with Crippen molar-refractivity contribution in [3.63, 3.8) is 0 Å². The second-order valence-electron chi connectivity index (χ2n) is 4.27. The van der Waals surface area contributed by atoms with E-state index in [9.17, 15) is 9.90 Å². The SMILES string of the molecule is CN(C(=O)[O-])C1CN([N+]23C=CN=CC2=NN=N3)C1. The van der Waals surface area contributed by atoms with Crippen LogP contribution in [0.2, 0.25) is 0 Å². The third-order valence-electron chi connectivity index (χ3n) is 3.32. The first-order chi connectivity index (χ1) is 8.63. The molecule has 3 aliphatic heterocycles. The van der Waals surface area contributed by atoms with Gasteiger partial charge < -0.3 is 14.8 Å². The number of rotatable bonds is 2. The van der Waals surface area contributed by atoms with Gasteiger partial charge in [0, 0.05) is 12.3 Å². The van der Waals surface area contributed by atoms with E-state index >= 15 is 0 Å². The van der Waals surface area contributed by atoms with Gasteiger partial charge in [0.15, 0.2) is 6.20 Å². The summed E-state index contributed by atoms with van der Waals surface area (Å²) >= 11 is 0. The van der Waals surface area contributed by atoms with Crippen LogP contribution in [0.25, 0.3) is 0 Å². The van der Waals surface area contributed by atoms with Crippen molar-refractivity contribution >= 4 is 18.1 Å². The molecule has 0 spiro atoms. The Morgan fingerprint density at radius 1 is 1.61 bits per heavy atom. The molecule has 1 saturated heterocycles. The molecule has 3 rings (SSSR count). The van der Waals surface area contributed by atoms with Gasteiger partial charge in [0.2, 0.25) is 0 Å². The van der Waals surface area contributed by atoms with Gasteiger partial charge in [0.25, 0.3) is 0 Å². The Morgan fingerprint density at radius 3 is 3.11 bits per heavy atom. The summed E-state index contributed by atoms with van der Waals surface area (Å²) in [5, 5.41) is 24.3. The fourth-order valence-electron chi connectivity index (χ4n) is 2.07. The van der Waals surface area contributed by atoms with E-state index in [1.54, 1.807) is 18.6 Å². The van der Waals surface area contributed by atoms with Crippen LogP contribution < -0.4 is 5.11 Å². The number of aliphatic imine (C=N–C) groups is 1. The van der Waals surface area contributed by atoms with E-state index in [1.165, 1.54) is 11.9 Å². The van der Waals surface area contributed by atoms with Crippen molar-refractivity contribution in [2.45, 2.75) is 6.04 Å². The number of carboxylic acid groups (broad SMARTS) is 1. The van der Waals surface area contributed by atoms with Crippen LogP contribution in [0, 0.1) is 0 Å². The van der Waals surface area contributed by atoms with Gasteiger partial charge in [-0.25, -0.2) is 0 Å². The second-order valence-corrected chi connectivity index (χ2v) is 4.27. The van der Waals surface area contributed by atoms with Crippen molar-refractivity contribution in [2.24, 2.45) is 20.5 Å². The second kappa shape index (κ2) is 3.68. The zero-order valence-corrected chi connectivity index (χ0v) is 9.67. The number of hydrogen-bond donors (Lipinski definition) is 0. The molecule has 0 aromatic heterocycles. The quantitative estimate of drug-likeness (QED) is 0.583. The molecule has 3 heterocycles. The minimum atomic E-state index is -1.17. The van der Waals surface area contributed by atoms with Crippen LogP contribution >= 0.6 is 0 Å². The number of quaternary nitrogens is 1. The fourth-order valence-corrected chi connectivity index (χ4v) is 2.07. The lowest BCUT2D eigenvalue weighted by Gasteiger charge is -2.47. The number of nitrogens with zero attached hydrogens (tertiary/aromatic N) is 7. The number of amides is 1. The van der Waals surface area contributed by atoms with Crippen LogP contribution in [0.1, 0.15) is 0 Å². The molecule has 0 radical (unpaired) electrons. The van der Waals surface area contributed by atoms with Crippen LogP contribution in [0.4, 0.5) is 4.79 Å². The summed E-state index contributed by atoms with van der Waals surface area (Å²) in [6.45, 7) is 1.08. The van der Waals surface area contributed by atoms with Crippen LogP contribution in [0.3, 0.4) is 0 Å². The maximum absolute atomic E-state index is 10.7. The molecule has 0 saturated carbocycles. The maximum Gasteiger partial charge on any atom is 0.320 e. The molecule has 0 bridgehead atoms. The fraction of sp³-hybridized carbons (Fsp3) is 0.444. The normalized spacial score (nSPS) is 29.9. The van der Waals surface area contributed by atoms with E-state index in [1.807, 2.05) is 5.01 Å². The molecule has 94 valence electrons. The predicted molar refractivity (Wildman–Crippen MR) is 58.7 cm³/mol. The largest absolute Gasteiger partial charge is 0.530 e. The zero-order valence-electron chi connectivity index (χ0n) is 9.67. The summed E-state index contributed by atoms with van der Waals surface area (Å²) in [5.74, 6) is 0.604. The smallest absolute Gasteiger partial charge is 0.320 e. The number of hydrogen-bond acceptors (Lipinski definition) is 7. The molecule has 9 heteroatoms. The summed E-state index contributed by atoms with van der Waals surface area (Å²) in [6, 6.07) is -0.0909. The van der Waals surface area contributed by atoms with Crippen LogP contribution in [0.5, 0.6) is 0 Å². The summed E-state index contributed by atoms with van der Waals surface area (Å²) in [7, 11) is 1.51. The summed E-state index contributed by atoms with van der Waals surface area (Å²) in [4.78, 5) is 15.9. The van der Waals surface area contributed by atoms with Crippen LogP contribution in [0.15, 0.2) is 32.9 Å². The highest BCUT2D eigenvalue weighted by molar-refractivity contribution is 6.26. The number of carbonyl (C=O) groups is 1. The first-order valence-corrected chi connectivity index (χ1v) is 5.43. The predicted octanol–water partition coefficient (Wildman–Crippen LogP) is -1.07. The van der Waals surface area contributed by atoms with E-state index in [4.69, 9.17) is 0 Å². The van der Waals surface area contributed by atoms with Crippen LogP contribution in [-0.4, -0.2) is 58.9 Å². The molecule has 0 aromatic rings. The van der Waals surface area contributed by atoms with Gasteiger partial charge in [0.05, 0.1) is 30.6 Å². The molecular formula is C9H11N7O2. The zero-order chi connectivity index (χ0) is 12.8. The van der Waals surface area contributed by atoms with Gasteiger partial charge in [-0.05, 0) is 4.70 Å². The van der Waals surface area contributed by atoms with Gasteiger partial charge in [0.1, 0.15) is 12.3 Å². The molecule has 0 aliphatic carbocycles. The van der Waals surface area contributed by atoms with Crippen LogP contribution in [-0.2, 0) is 0 Å². The molecule has 0 N–H and O–H groups in total. The highest BCUT2D eigenvalue weighted by atomic mass is 16.4. The summed E-state index contributed by atoms with van der Waals surface area (Å²) < 4.78 is 0.0425. The number of fused-ring (bicyclic) bond motifs is 1. The van der Waals surface area contributed by atoms with Gasteiger partial charge in [-0.2, -0.15) is 0 Å². The van der Waals surface area contributed by atoms with Crippen molar-refractivity contribution in [1.82, 2.24) is 9.91 Å². The van der Waals surface area contributed by atoms with E-state index < -0.39 is 6.09 Å². The maximum atomic E-state index is 10.7. The van der Waals surface area contributed by atoms with E-state index in [-0.39, 0.29) is 10.7 Å². The number of carbonyl (C=O) groups excluding carboxylic acids is 1. The topological polar surface area (TPSA) is 96.1 Å². The van der Waals surface area contributed by atoms with Gasteiger partial charge in [-0.3, -0.25) is 4.99 Å². The van der Waals surface area contributed by atoms with Gasteiger partial charge >= 0.3 is 5.84 Å². The third-order valence-corrected chi connectivity index (χ3v) is 3.32. The standard InChI is InChI=1S/C9H11N7O2/c1-14(9(17)18)7-5-15(6-7)16-3-2-10-4-8(16)11-12-13-16/h2-4,7H,5-6H2,1H3.